The summed E-state index contributed by atoms with van der Waals surface area (Å²) in [5.41, 5.74) is 2.63. The Kier molecular flexibility index (Phi) is 5.17. The monoisotopic (exact) mass is 411 g/mol. The highest BCUT2D eigenvalue weighted by Gasteiger charge is 2.35. The second-order valence-corrected chi connectivity index (χ2v) is 9.51. The molecule has 0 bridgehead atoms. The van der Waals surface area contributed by atoms with E-state index in [9.17, 15) is 13.2 Å². The summed E-state index contributed by atoms with van der Waals surface area (Å²) in [6.45, 7) is 5.41. The maximum absolute atomic E-state index is 12.8. The van der Waals surface area contributed by atoms with Crippen LogP contribution in [0.3, 0.4) is 0 Å². The van der Waals surface area contributed by atoms with Crippen LogP contribution >= 0.6 is 0 Å². The number of carbonyl (C=O) groups excluding carboxylic acids is 1. The van der Waals surface area contributed by atoms with Crippen LogP contribution in [0.25, 0.3) is 0 Å². The molecule has 6 nitrogen and oxygen atoms in total. The van der Waals surface area contributed by atoms with Crippen LogP contribution in [0.5, 0.6) is 0 Å². The molecule has 1 saturated heterocycles. The standard InChI is InChI=1S/C22H25N3O3S/c1-15(2)16-9-11-18(12-10-16)23-22(26)17-6-5-13-25(14-17)21-19-7-3-4-8-20(19)29(27,28)24-21/h3-4,7-12,15,17H,5-6,13-14H2,1-2H3,(H,23,26). The van der Waals surface area contributed by atoms with Gasteiger partial charge in [0.1, 0.15) is 4.90 Å². The van der Waals surface area contributed by atoms with Gasteiger partial charge < -0.3 is 10.2 Å². The van der Waals surface area contributed by atoms with Gasteiger partial charge in [0.05, 0.1) is 5.92 Å². The smallest absolute Gasteiger partial charge is 0.285 e. The summed E-state index contributed by atoms with van der Waals surface area (Å²) < 4.78 is 28.7. The van der Waals surface area contributed by atoms with Crippen LogP contribution in [-0.4, -0.2) is 38.2 Å². The van der Waals surface area contributed by atoms with Crippen molar-refractivity contribution in [3.63, 3.8) is 0 Å². The van der Waals surface area contributed by atoms with Crippen LogP contribution < -0.4 is 5.32 Å². The van der Waals surface area contributed by atoms with Crippen molar-refractivity contribution in [2.45, 2.75) is 37.5 Å². The van der Waals surface area contributed by atoms with Gasteiger partial charge >= 0.3 is 0 Å². The fourth-order valence-electron chi connectivity index (χ4n) is 3.90. The minimum Gasteiger partial charge on any atom is -0.355 e. The zero-order chi connectivity index (χ0) is 20.6. The first-order valence-electron chi connectivity index (χ1n) is 9.95. The molecule has 2 aliphatic heterocycles. The summed E-state index contributed by atoms with van der Waals surface area (Å²) >= 11 is 0. The summed E-state index contributed by atoms with van der Waals surface area (Å²) in [5, 5.41) is 3.00. The molecule has 0 spiro atoms. The molecule has 1 unspecified atom stereocenters. The van der Waals surface area contributed by atoms with Gasteiger partial charge in [0, 0.05) is 24.3 Å². The predicted molar refractivity (Wildman–Crippen MR) is 114 cm³/mol. The van der Waals surface area contributed by atoms with E-state index in [0.717, 1.165) is 18.5 Å². The third-order valence-corrected chi connectivity index (χ3v) is 6.87. The van der Waals surface area contributed by atoms with Gasteiger partial charge in [-0.3, -0.25) is 4.79 Å². The number of piperidine rings is 1. The molecule has 7 heteroatoms. The third kappa shape index (κ3) is 3.92. The van der Waals surface area contributed by atoms with E-state index < -0.39 is 10.0 Å². The third-order valence-electron chi connectivity index (χ3n) is 5.55. The minimum atomic E-state index is -3.66. The molecule has 152 valence electrons. The molecule has 0 radical (unpaired) electrons. The molecule has 0 saturated carbocycles. The summed E-state index contributed by atoms with van der Waals surface area (Å²) in [4.78, 5) is 15.0. The van der Waals surface area contributed by atoms with Crippen LogP contribution in [-0.2, 0) is 14.8 Å². The number of rotatable bonds is 3. The van der Waals surface area contributed by atoms with Gasteiger partial charge in [0.25, 0.3) is 10.0 Å². The Morgan fingerprint density at radius 2 is 1.86 bits per heavy atom. The number of benzene rings is 2. The summed E-state index contributed by atoms with van der Waals surface area (Å²) in [6, 6.07) is 14.8. The molecule has 2 aliphatic rings. The maximum Gasteiger partial charge on any atom is 0.285 e. The van der Waals surface area contributed by atoms with Crippen molar-refractivity contribution < 1.29 is 13.2 Å². The van der Waals surface area contributed by atoms with E-state index in [1.165, 1.54) is 5.56 Å². The van der Waals surface area contributed by atoms with Crippen molar-refractivity contribution in [3.8, 4) is 0 Å². The topological polar surface area (TPSA) is 78.8 Å². The van der Waals surface area contributed by atoms with Crippen LogP contribution in [0.15, 0.2) is 57.8 Å². The highest BCUT2D eigenvalue weighted by atomic mass is 32.2. The molecule has 2 aromatic carbocycles. The highest BCUT2D eigenvalue weighted by Crippen LogP contribution is 2.30. The average Bonchev–Trinajstić information content (AvgIpc) is 3.00. The number of fused-ring (bicyclic) bond motifs is 1. The molecule has 1 atom stereocenters. The van der Waals surface area contributed by atoms with Crippen molar-refractivity contribution >= 4 is 27.5 Å². The van der Waals surface area contributed by atoms with Crippen molar-refractivity contribution in [1.82, 2.24) is 4.90 Å². The van der Waals surface area contributed by atoms with Gasteiger partial charge in [-0.25, -0.2) is 0 Å². The molecule has 4 rings (SSSR count). The van der Waals surface area contributed by atoms with Gasteiger partial charge in [0.2, 0.25) is 5.91 Å². The first-order valence-corrected chi connectivity index (χ1v) is 11.4. The zero-order valence-corrected chi connectivity index (χ0v) is 17.4. The minimum absolute atomic E-state index is 0.0401. The first kappa shape index (κ1) is 19.6. The van der Waals surface area contributed by atoms with Crippen molar-refractivity contribution in [3.05, 3.63) is 59.7 Å². The van der Waals surface area contributed by atoms with Crippen LogP contribution in [0.4, 0.5) is 5.69 Å². The number of nitrogens with one attached hydrogen (secondary N) is 1. The quantitative estimate of drug-likeness (QED) is 0.837. The number of hydrogen-bond donors (Lipinski definition) is 1. The molecule has 1 amide bonds. The number of anilines is 1. The number of likely N-dealkylation sites (tertiary alicyclic amines) is 1. The molecule has 0 aromatic heterocycles. The van der Waals surface area contributed by atoms with E-state index in [1.807, 2.05) is 35.2 Å². The number of sulfonamides is 1. The van der Waals surface area contributed by atoms with Crippen LogP contribution in [0.1, 0.15) is 43.7 Å². The van der Waals surface area contributed by atoms with Gasteiger partial charge in [-0.15, -0.1) is 4.40 Å². The predicted octanol–water partition coefficient (Wildman–Crippen LogP) is 3.61. The lowest BCUT2D eigenvalue weighted by molar-refractivity contribution is -0.121. The number of carbonyl (C=O) groups is 1. The molecule has 2 aromatic rings. The van der Waals surface area contributed by atoms with E-state index >= 15 is 0 Å². The number of hydrogen-bond acceptors (Lipinski definition) is 4. The number of amides is 1. The van der Waals surface area contributed by atoms with Gasteiger partial charge in [-0.05, 0) is 48.6 Å². The molecular weight excluding hydrogens is 386 g/mol. The van der Waals surface area contributed by atoms with Crippen molar-refractivity contribution in [2.75, 3.05) is 18.4 Å². The normalized spacial score (nSPS) is 20.3. The van der Waals surface area contributed by atoms with Gasteiger partial charge in [-0.2, -0.15) is 8.42 Å². The van der Waals surface area contributed by atoms with Gasteiger partial charge in [-0.1, -0.05) is 38.1 Å². The van der Waals surface area contributed by atoms with Gasteiger partial charge in [0.15, 0.2) is 5.84 Å². The highest BCUT2D eigenvalue weighted by molar-refractivity contribution is 7.90. The second kappa shape index (κ2) is 7.63. The SMILES string of the molecule is CC(C)c1ccc(NC(=O)C2CCCN(C3=NS(=O)(=O)c4ccccc43)C2)cc1. The van der Waals surface area contributed by atoms with E-state index in [2.05, 4.69) is 23.6 Å². The van der Waals surface area contributed by atoms with Crippen molar-refractivity contribution in [2.24, 2.45) is 10.3 Å². The molecular formula is C22H25N3O3S. The Bertz CT molecular complexity index is 1060. The van der Waals surface area contributed by atoms with E-state index in [1.54, 1.807) is 18.2 Å². The average molecular weight is 412 g/mol. The Labute approximate surface area is 171 Å². The summed E-state index contributed by atoms with van der Waals surface area (Å²) in [5.74, 6) is 0.644. The lowest BCUT2D eigenvalue weighted by Gasteiger charge is -2.33. The molecule has 2 heterocycles. The Morgan fingerprint density at radius 3 is 2.59 bits per heavy atom. The number of amidine groups is 1. The Hall–Kier alpha value is -2.67. The summed E-state index contributed by atoms with van der Waals surface area (Å²) in [7, 11) is -3.66. The fourth-order valence-corrected chi connectivity index (χ4v) is 5.12. The molecule has 0 aliphatic carbocycles. The van der Waals surface area contributed by atoms with E-state index in [-0.39, 0.29) is 16.7 Å². The fraction of sp³-hybridized carbons (Fsp3) is 0.364. The first-order chi connectivity index (χ1) is 13.8. The zero-order valence-electron chi connectivity index (χ0n) is 16.6. The number of nitrogens with zero attached hydrogens (tertiary/aromatic N) is 2. The largest absolute Gasteiger partial charge is 0.355 e. The lowest BCUT2D eigenvalue weighted by atomic mass is 9.96. The van der Waals surface area contributed by atoms with Crippen LogP contribution in [0.2, 0.25) is 0 Å². The maximum atomic E-state index is 12.8. The molecule has 29 heavy (non-hydrogen) atoms. The van der Waals surface area contributed by atoms with E-state index in [0.29, 0.717) is 30.4 Å². The second-order valence-electron chi connectivity index (χ2n) is 7.94. The summed E-state index contributed by atoms with van der Waals surface area (Å²) in [6.07, 6.45) is 1.58. The Morgan fingerprint density at radius 1 is 1.14 bits per heavy atom. The molecule has 1 N–H and O–H groups in total. The Balaban J connectivity index is 1.48. The molecule has 1 fully saturated rings. The van der Waals surface area contributed by atoms with Crippen LogP contribution in [0, 0.1) is 5.92 Å². The van der Waals surface area contributed by atoms with Crippen molar-refractivity contribution in [1.29, 1.82) is 0 Å². The lowest BCUT2D eigenvalue weighted by Crippen LogP contribution is -2.43. The van der Waals surface area contributed by atoms with E-state index in [4.69, 9.17) is 0 Å².